The summed E-state index contributed by atoms with van der Waals surface area (Å²) in [6.45, 7) is 0. The second kappa shape index (κ2) is 2.40. The van der Waals surface area contributed by atoms with E-state index in [4.69, 9.17) is 5.73 Å². The zero-order valence-electron chi connectivity index (χ0n) is 6.83. The number of hydrogen-bond donors (Lipinski definition) is 2. The van der Waals surface area contributed by atoms with Crippen LogP contribution in [-0.2, 0) is 0 Å². The molecule has 0 saturated carbocycles. The quantitative estimate of drug-likeness (QED) is 0.405. The van der Waals surface area contributed by atoms with Crippen LogP contribution >= 0.6 is 0 Å². The molecule has 2 rings (SSSR count). The third-order valence-electron chi connectivity index (χ3n) is 1.90. The van der Waals surface area contributed by atoms with Gasteiger partial charge in [0.05, 0.1) is 12.6 Å². The molecule has 0 unspecified atom stereocenters. The number of nitrogen functional groups attached to an aromatic ring is 1. The van der Waals surface area contributed by atoms with E-state index >= 15 is 0 Å². The van der Waals surface area contributed by atoms with Crippen molar-refractivity contribution in [3.05, 3.63) is 29.3 Å². The van der Waals surface area contributed by atoms with Crippen LogP contribution in [0, 0.1) is 0 Å². The molecule has 0 bridgehead atoms. The van der Waals surface area contributed by atoms with Gasteiger partial charge in [-0.05, 0) is 18.2 Å². The fourth-order valence-corrected chi connectivity index (χ4v) is 1.29. The van der Waals surface area contributed by atoms with Crippen molar-refractivity contribution < 1.29 is 0 Å². The molecular formula is C9H10N3+. The average Bonchev–Trinajstić information content (AvgIpc) is 2.46. The first-order chi connectivity index (χ1) is 5.81. The minimum absolute atomic E-state index is 0.770. The van der Waals surface area contributed by atoms with Crippen molar-refractivity contribution in [1.29, 1.82) is 0 Å². The summed E-state index contributed by atoms with van der Waals surface area (Å²) in [6, 6.07) is 5.77. The molecule has 0 aliphatic carbocycles. The summed E-state index contributed by atoms with van der Waals surface area (Å²) in [6.07, 6.45) is 1.83. The second-order valence-electron chi connectivity index (χ2n) is 2.70. The molecule has 0 aromatic heterocycles. The Labute approximate surface area is 70.7 Å². The zero-order chi connectivity index (χ0) is 8.55. The van der Waals surface area contributed by atoms with Gasteiger partial charge in [0.1, 0.15) is 0 Å². The third kappa shape index (κ3) is 0.881. The molecule has 1 heterocycles. The van der Waals surface area contributed by atoms with Crippen molar-refractivity contribution in [2.24, 2.45) is 0 Å². The van der Waals surface area contributed by atoms with Crippen LogP contribution < -0.4 is 15.7 Å². The molecule has 1 aromatic carbocycles. The van der Waals surface area contributed by atoms with E-state index in [1.807, 2.05) is 31.5 Å². The number of hydrogen-bond acceptors (Lipinski definition) is 2. The molecule has 0 spiro atoms. The standard InChI is InChI=1S/C9H9N3/c1-11-9-8-4-7(10)3-2-6(8)5-12-9/h2-5H,1H3,(H2,10,11,12)/p+1. The van der Waals surface area contributed by atoms with Crippen molar-refractivity contribution in [2.45, 2.75) is 0 Å². The second-order valence-corrected chi connectivity index (χ2v) is 2.70. The van der Waals surface area contributed by atoms with Crippen LogP contribution in [0.25, 0.3) is 0 Å². The molecule has 3 N–H and O–H groups in total. The van der Waals surface area contributed by atoms with Gasteiger partial charge in [0.25, 0.3) is 0 Å². The number of nitrogens with two attached hydrogens (primary N) is 1. The predicted molar refractivity (Wildman–Crippen MR) is 51.3 cm³/mol. The smallest absolute Gasteiger partial charge is 0.375 e. The van der Waals surface area contributed by atoms with E-state index < -0.39 is 0 Å². The van der Waals surface area contributed by atoms with E-state index in [1.54, 1.807) is 0 Å². The van der Waals surface area contributed by atoms with E-state index in [1.165, 1.54) is 0 Å². The van der Waals surface area contributed by atoms with Crippen molar-refractivity contribution >= 4 is 17.7 Å². The van der Waals surface area contributed by atoms with E-state index in [9.17, 15) is 0 Å². The van der Waals surface area contributed by atoms with Crippen molar-refractivity contribution in [3.8, 4) is 0 Å². The number of nitrogens with zero attached hydrogens (tertiary/aromatic N) is 1. The minimum atomic E-state index is 0.770. The Morgan fingerprint density at radius 2 is 2.25 bits per heavy atom. The van der Waals surface area contributed by atoms with Crippen LogP contribution in [0.1, 0.15) is 11.1 Å². The van der Waals surface area contributed by atoms with Gasteiger partial charge in [-0.1, -0.05) is 0 Å². The zero-order valence-corrected chi connectivity index (χ0v) is 6.83. The van der Waals surface area contributed by atoms with Crippen LogP contribution in [0.15, 0.2) is 18.2 Å². The van der Waals surface area contributed by atoms with Crippen LogP contribution in [0.5, 0.6) is 0 Å². The highest BCUT2D eigenvalue weighted by Crippen LogP contribution is 2.12. The van der Waals surface area contributed by atoms with Gasteiger partial charge in [-0.3, -0.25) is 5.32 Å². The molecule has 1 aromatic rings. The molecule has 12 heavy (non-hydrogen) atoms. The monoisotopic (exact) mass is 160 g/mol. The summed E-state index contributed by atoms with van der Waals surface area (Å²) in [5.74, 6) is 0.886. The minimum Gasteiger partial charge on any atom is -0.399 e. The van der Waals surface area contributed by atoms with Crippen LogP contribution in [0.4, 0.5) is 5.69 Å². The lowest BCUT2D eigenvalue weighted by molar-refractivity contribution is 1.17. The maximum absolute atomic E-state index is 5.65. The Kier molecular flexibility index (Phi) is 1.39. The van der Waals surface area contributed by atoms with Gasteiger partial charge >= 0.3 is 5.84 Å². The number of benzene rings is 1. The van der Waals surface area contributed by atoms with Gasteiger partial charge in [0, 0.05) is 11.3 Å². The first-order valence-electron chi connectivity index (χ1n) is 3.80. The lowest BCUT2D eigenvalue weighted by Crippen LogP contribution is -2.20. The van der Waals surface area contributed by atoms with Crippen molar-refractivity contribution in [1.82, 2.24) is 9.98 Å². The maximum Gasteiger partial charge on any atom is 0.375 e. The number of nitrogens with one attached hydrogen (secondary N) is 1. The van der Waals surface area contributed by atoms with E-state index in [2.05, 4.69) is 9.98 Å². The van der Waals surface area contributed by atoms with Crippen molar-refractivity contribution in [2.75, 3.05) is 12.8 Å². The Morgan fingerprint density at radius 3 is 3.00 bits per heavy atom. The molecular weight excluding hydrogens is 150 g/mol. The maximum atomic E-state index is 5.65. The summed E-state index contributed by atoms with van der Waals surface area (Å²) < 4.78 is 4.19. The van der Waals surface area contributed by atoms with Crippen LogP contribution in [-0.4, -0.2) is 19.1 Å². The summed E-state index contributed by atoms with van der Waals surface area (Å²) in [7, 11) is 1.85. The summed E-state index contributed by atoms with van der Waals surface area (Å²) in [4.78, 5) is 0. The Bertz CT molecular complexity index is 387. The molecule has 0 atom stereocenters. The van der Waals surface area contributed by atoms with Gasteiger partial charge < -0.3 is 5.73 Å². The molecule has 1 aliphatic rings. The fourth-order valence-electron chi connectivity index (χ4n) is 1.29. The van der Waals surface area contributed by atoms with Gasteiger partial charge in [-0.15, -0.1) is 0 Å². The van der Waals surface area contributed by atoms with E-state index in [-0.39, 0.29) is 0 Å². The fraction of sp³-hybridized carbons (Fsp3) is 0.111. The van der Waals surface area contributed by atoms with Gasteiger partial charge in [0.15, 0.2) is 6.21 Å². The SMILES string of the molecule is CNC1=[N+]=Cc2ccc(N)cc21. The molecule has 3 heteroatoms. The van der Waals surface area contributed by atoms with Gasteiger partial charge in [-0.25, -0.2) is 4.67 Å². The Hall–Kier alpha value is -1.73. The van der Waals surface area contributed by atoms with E-state index in [0.29, 0.717) is 0 Å². The number of amidine groups is 1. The molecule has 0 radical (unpaired) electrons. The summed E-state index contributed by atoms with van der Waals surface area (Å²) in [5, 5.41) is 3.01. The largest absolute Gasteiger partial charge is 0.399 e. The third-order valence-corrected chi connectivity index (χ3v) is 1.90. The molecule has 0 amide bonds. The number of fused-ring (bicyclic) bond motifs is 1. The van der Waals surface area contributed by atoms with Crippen LogP contribution in [0.2, 0.25) is 0 Å². The first kappa shape index (κ1) is 6.95. The molecule has 1 aliphatic heterocycles. The predicted octanol–water partition coefficient (Wildman–Crippen LogP) is -0.266. The highest BCUT2D eigenvalue weighted by Gasteiger charge is 2.19. The molecule has 60 valence electrons. The highest BCUT2D eigenvalue weighted by atomic mass is 14.9. The molecule has 0 fully saturated rings. The van der Waals surface area contributed by atoms with Crippen LogP contribution in [0.3, 0.4) is 0 Å². The lowest BCUT2D eigenvalue weighted by atomic mass is 10.1. The Balaban J connectivity index is 2.56. The normalized spacial score (nSPS) is 12.6. The van der Waals surface area contributed by atoms with Gasteiger partial charge in [0.2, 0.25) is 0 Å². The van der Waals surface area contributed by atoms with Gasteiger partial charge in [-0.2, -0.15) is 0 Å². The lowest BCUT2D eigenvalue weighted by Gasteiger charge is -1.96. The van der Waals surface area contributed by atoms with Crippen molar-refractivity contribution in [3.63, 3.8) is 0 Å². The summed E-state index contributed by atoms with van der Waals surface area (Å²) >= 11 is 0. The summed E-state index contributed by atoms with van der Waals surface area (Å²) in [5.41, 5.74) is 8.62. The molecule has 0 saturated heterocycles. The Morgan fingerprint density at radius 1 is 1.42 bits per heavy atom. The highest BCUT2D eigenvalue weighted by molar-refractivity contribution is 6.11. The number of anilines is 1. The number of rotatable bonds is 0. The first-order valence-corrected chi connectivity index (χ1v) is 3.80. The van der Waals surface area contributed by atoms with E-state index in [0.717, 1.165) is 22.6 Å². The average molecular weight is 160 g/mol. The topological polar surface area (TPSA) is 52.2 Å². The molecule has 3 nitrogen and oxygen atoms in total.